The zero-order chi connectivity index (χ0) is 19.6. The number of rotatable bonds is 6. The lowest BCUT2D eigenvalue weighted by Gasteiger charge is -2.18. The maximum absolute atomic E-state index is 12.4. The zero-order valence-corrected chi connectivity index (χ0v) is 15.7. The van der Waals surface area contributed by atoms with Gasteiger partial charge in [-0.15, -0.1) is 0 Å². The molecule has 0 bridgehead atoms. The molecular formula is C19H23N5O3. The van der Waals surface area contributed by atoms with E-state index >= 15 is 0 Å². The van der Waals surface area contributed by atoms with Gasteiger partial charge in [0.25, 0.3) is 5.91 Å². The fraction of sp³-hybridized carbons (Fsp3) is 0.368. The summed E-state index contributed by atoms with van der Waals surface area (Å²) in [7, 11) is 1.73. The van der Waals surface area contributed by atoms with E-state index in [0.717, 1.165) is 22.6 Å². The molecule has 1 atom stereocenters. The van der Waals surface area contributed by atoms with Gasteiger partial charge in [-0.3, -0.25) is 14.9 Å². The van der Waals surface area contributed by atoms with Crippen LogP contribution in [0.3, 0.4) is 0 Å². The van der Waals surface area contributed by atoms with Crippen molar-refractivity contribution in [3.05, 3.63) is 47.3 Å². The molecule has 2 aromatic rings. The average molecular weight is 369 g/mol. The lowest BCUT2D eigenvalue weighted by atomic mass is 10.1. The molecule has 1 fully saturated rings. The molecule has 1 aromatic carbocycles. The number of urea groups is 1. The van der Waals surface area contributed by atoms with Crippen LogP contribution >= 0.6 is 0 Å². The number of amides is 4. The number of hydrogen-bond donors (Lipinski definition) is 2. The van der Waals surface area contributed by atoms with E-state index in [1.807, 2.05) is 48.9 Å². The maximum atomic E-state index is 12.4. The van der Waals surface area contributed by atoms with Crippen molar-refractivity contribution in [2.75, 3.05) is 7.05 Å². The molecule has 0 saturated carbocycles. The van der Waals surface area contributed by atoms with E-state index in [1.54, 1.807) is 11.9 Å². The average Bonchev–Trinajstić information content (AvgIpc) is 3.12. The number of aryl methyl sites for hydroxylation is 1. The van der Waals surface area contributed by atoms with Crippen LogP contribution in [0.4, 0.5) is 4.79 Å². The van der Waals surface area contributed by atoms with Crippen molar-refractivity contribution < 1.29 is 14.4 Å². The Labute approximate surface area is 157 Å². The maximum Gasteiger partial charge on any atom is 0.322 e. The van der Waals surface area contributed by atoms with Gasteiger partial charge in [-0.1, -0.05) is 18.2 Å². The third-order valence-electron chi connectivity index (χ3n) is 4.77. The Morgan fingerprint density at radius 1 is 1.22 bits per heavy atom. The SMILES string of the molecule is Cc1nn(-c2ccccc2)c(C)c1CN(C)C(=O)CCC1NC(=O)NC1=O. The number of carbonyl (C=O) groups excluding carboxylic acids is 3. The van der Waals surface area contributed by atoms with E-state index in [0.29, 0.717) is 6.54 Å². The van der Waals surface area contributed by atoms with Crippen LogP contribution in [0.5, 0.6) is 0 Å². The lowest BCUT2D eigenvalue weighted by Crippen LogP contribution is -2.32. The minimum atomic E-state index is -0.640. The molecule has 2 N–H and O–H groups in total. The molecule has 0 radical (unpaired) electrons. The Morgan fingerprint density at radius 3 is 2.56 bits per heavy atom. The second-order valence-electron chi connectivity index (χ2n) is 6.70. The van der Waals surface area contributed by atoms with Crippen LogP contribution in [0.1, 0.15) is 29.8 Å². The smallest absolute Gasteiger partial charge is 0.322 e. The molecule has 1 unspecified atom stereocenters. The number of benzene rings is 1. The number of nitrogens with zero attached hydrogens (tertiary/aromatic N) is 3. The summed E-state index contributed by atoms with van der Waals surface area (Å²) in [4.78, 5) is 36.8. The predicted octanol–water partition coefficient (Wildman–Crippen LogP) is 1.44. The number of nitrogens with one attached hydrogen (secondary N) is 2. The van der Waals surface area contributed by atoms with Crippen LogP contribution in [0.15, 0.2) is 30.3 Å². The fourth-order valence-electron chi connectivity index (χ4n) is 3.17. The molecule has 27 heavy (non-hydrogen) atoms. The van der Waals surface area contributed by atoms with Gasteiger partial charge in [-0.25, -0.2) is 9.48 Å². The van der Waals surface area contributed by atoms with Crippen LogP contribution in [0.2, 0.25) is 0 Å². The summed E-state index contributed by atoms with van der Waals surface area (Å²) in [5.41, 5.74) is 3.84. The Balaban J connectivity index is 1.64. The largest absolute Gasteiger partial charge is 0.341 e. The summed E-state index contributed by atoms with van der Waals surface area (Å²) in [6.07, 6.45) is 0.460. The van der Waals surface area contributed by atoms with Crippen molar-refractivity contribution in [2.24, 2.45) is 0 Å². The van der Waals surface area contributed by atoms with Gasteiger partial charge >= 0.3 is 6.03 Å². The zero-order valence-electron chi connectivity index (χ0n) is 15.7. The van der Waals surface area contributed by atoms with E-state index < -0.39 is 12.1 Å². The summed E-state index contributed by atoms with van der Waals surface area (Å²) in [5, 5.41) is 9.27. The predicted molar refractivity (Wildman–Crippen MR) is 99.2 cm³/mol. The van der Waals surface area contributed by atoms with Crippen molar-refractivity contribution in [3.63, 3.8) is 0 Å². The van der Waals surface area contributed by atoms with Gasteiger partial charge in [0.05, 0.1) is 11.4 Å². The lowest BCUT2D eigenvalue weighted by molar-refractivity contribution is -0.130. The first-order valence-corrected chi connectivity index (χ1v) is 8.82. The van der Waals surface area contributed by atoms with Crippen LogP contribution < -0.4 is 10.6 Å². The Bertz CT molecular complexity index is 875. The van der Waals surface area contributed by atoms with Crippen molar-refractivity contribution in [1.29, 1.82) is 0 Å². The van der Waals surface area contributed by atoms with Crippen molar-refractivity contribution in [2.45, 2.75) is 39.3 Å². The molecular weight excluding hydrogens is 346 g/mol. The van der Waals surface area contributed by atoms with Crippen LogP contribution in [-0.4, -0.2) is 45.6 Å². The van der Waals surface area contributed by atoms with E-state index in [2.05, 4.69) is 15.7 Å². The van der Waals surface area contributed by atoms with Gasteiger partial charge in [0, 0.05) is 31.3 Å². The van der Waals surface area contributed by atoms with Gasteiger partial charge in [-0.05, 0) is 32.4 Å². The van der Waals surface area contributed by atoms with E-state index in [1.165, 1.54) is 0 Å². The Morgan fingerprint density at radius 2 is 1.93 bits per heavy atom. The monoisotopic (exact) mass is 369 g/mol. The van der Waals surface area contributed by atoms with Gasteiger partial charge in [-0.2, -0.15) is 5.10 Å². The minimum absolute atomic E-state index is 0.0878. The Kier molecular flexibility index (Phi) is 5.25. The van der Waals surface area contributed by atoms with Gasteiger partial charge in [0.1, 0.15) is 6.04 Å². The molecule has 142 valence electrons. The summed E-state index contributed by atoms with van der Waals surface area (Å²) in [6.45, 7) is 4.35. The number of imide groups is 1. The number of carbonyl (C=O) groups is 3. The van der Waals surface area contributed by atoms with Gasteiger partial charge in [0.2, 0.25) is 5.91 Å². The second-order valence-corrected chi connectivity index (χ2v) is 6.70. The minimum Gasteiger partial charge on any atom is -0.341 e. The van der Waals surface area contributed by atoms with Crippen LogP contribution in [0, 0.1) is 13.8 Å². The highest BCUT2D eigenvalue weighted by atomic mass is 16.2. The molecule has 1 aromatic heterocycles. The fourth-order valence-corrected chi connectivity index (χ4v) is 3.17. The van der Waals surface area contributed by atoms with Crippen LogP contribution in [-0.2, 0) is 16.1 Å². The molecule has 3 rings (SSSR count). The van der Waals surface area contributed by atoms with Crippen LogP contribution in [0.25, 0.3) is 5.69 Å². The molecule has 1 saturated heterocycles. The molecule has 1 aliphatic rings. The summed E-state index contributed by atoms with van der Waals surface area (Å²) >= 11 is 0. The first kappa shape index (κ1) is 18.6. The molecule has 4 amide bonds. The van der Waals surface area contributed by atoms with E-state index in [9.17, 15) is 14.4 Å². The third kappa shape index (κ3) is 3.99. The van der Waals surface area contributed by atoms with Crippen molar-refractivity contribution in [3.8, 4) is 5.69 Å². The standard InChI is InChI=1S/C19H23N5O3/c1-12-15(13(2)24(22-12)14-7-5-4-6-8-14)11-23(3)17(25)10-9-16-18(26)21-19(27)20-16/h4-8,16H,9-11H2,1-3H3,(H2,20,21,26,27). The van der Waals surface area contributed by atoms with Crippen molar-refractivity contribution >= 4 is 17.8 Å². The highest BCUT2D eigenvalue weighted by Crippen LogP contribution is 2.19. The van der Waals surface area contributed by atoms with Gasteiger partial charge < -0.3 is 10.2 Å². The summed E-state index contributed by atoms with van der Waals surface area (Å²) in [5.74, 6) is -0.471. The summed E-state index contributed by atoms with van der Waals surface area (Å²) in [6, 6.07) is 8.69. The molecule has 8 nitrogen and oxygen atoms in total. The molecule has 0 spiro atoms. The first-order valence-electron chi connectivity index (χ1n) is 8.82. The Hall–Kier alpha value is -3.16. The highest BCUT2D eigenvalue weighted by molar-refractivity contribution is 6.04. The van der Waals surface area contributed by atoms with Gasteiger partial charge in [0.15, 0.2) is 0 Å². The molecule has 8 heteroatoms. The highest BCUT2D eigenvalue weighted by Gasteiger charge is 2.30. The summed E-state index contributed by atoms with van der Waals surface area (Å²) < 4.78 is 1.88. The first-order chi connectivity index (χ1) is 12.9. The number of aromatic nitrogens is 2. The quantitative estimate of drug-likeness (QED) is 0.753. The number of hydrogen-bond acceptors (Lipinski definition) is 4. The topological polar surface area (TPSA) is 96.3 Å². The van der Waals surface area contributed by atoms with E-state index in [-0.39, 0.29) is 24.7 Å². The molecule has 1 aliphatic heterocycles. The number of para-hydroxylation sites is 1. The third-order valence-corrected chi connectivity index (χ3v) is 4.77. The normalized spacial score (nSPS) is 16.2. The second kappa shape index (κ2) is 7.61. The molecule has 2 heterocycles. The molecule has 0 aliphatic carbocycles. The van der Waals surface area contributed by atoms with Crippen molar-refractivity contribution in [1.82, 2.24) is 25.3 Å². The van der Waals surface area contributed by atoms with E-state index in [4.69, 9.17) is 0 Å².